The summed E-state index contributed by atoms with van der Waals surface area (Å²) in [5.41, 5.74) is 2.53. The first-order chi connectivity index (χ1) is 14.9. The highest BCUT2D eigenvalue weighted by Gasteiger charge is 2.22. The molecule has 3 heterocycles. The van der Waals surface area contributed by atoms with Crippen LogP contribution in [-0.2, 0) is 22.7 Å². The van der Waals surface area contributed by atoms with Crippen LogP contribution in [-0.4, -0.2) is 31.0 Å². The van der Waals surface area contributed by atoms with E-state index in [4.69, 9.17) is 4.74 Å². The van der Waals surface area contributed by atoms with Gasteiger partial charge in [-0.2, -0.15) is 0 Å². The number of hydrogen-bond acceptors (Lipinski definition) is 6. The second-order valence-electron chi connectivity index (χ2n) is 7.74. The number of benzene rings is 2. The molecule has 0 spiro atoms. The number of esters is 1. The van der Waals surface area contributed by atoms with Crippen LogP contribution in [0.4, 0.5) is 5.69 Å². The topological polar surface area (TPSA) is 108 Å². The third-order valence-electron chi connectivity index (χ3n) is 5.23. The monoisotopic (exact) mass is 417 g/mol. The van der Waals surface area contributed by atoms with Crippen LogP contribution in [0.5, 0.6) is 0 Å². The van der Waals surface area contributed by atoms with Gasteiger partial charge in [0, 0.05) is 22.6 Å². The number of nitrogens with zero attached hydrogens (tertiary/aromatic N) is 4. The molecule has 0 bridgehead atoms. The van der Waals surface area contributed by atoms with E-state index < -0.39 is 11.6 Å². The number of amides is 1. The highest BCUT2D eigenvalue weighted by molar-refractivity contribution is 5.96. The lowest BCUT2D eigenvalue weighted by Gasteiger charge is -2.08. The molecule has 1 N–H and O–H groups in total. The van der Waals surface area contributed by atoms with Gasteiger partial charge in [0.05, 0.1) is 11.1 Å². The Labute approximate surface area is 176 Å². The molecule has 2 aromatic carbocycles. The molecule has 0 atom stereocenters. The normalized spacial score (nSPS) is 13.1. The molecule has 0 aliphatic carbocycles. The molecule has 9 heteroatoms. The average molecular weight is 417 g/mol. The standard InChI is InChI=1S/C22H19N5O4/c1-12(2)19-24-17-6-4-3-5-16(17)20-25-26(22(30)27(19)20)10-18(28)23-14-7-8-15-13(9-14)11-31-21(15)29/h3-9,12H,10-11H2,1-2H3,(H,23,28). The predicted molar refractivity (Wildman–Crippen MR) is 113 cm³/mol. The minimum atomic E-state index is -0.417. The lowest BCUT2D eigenvalue weighted by Crippen LogP contribution is -2.29. The first kappa shape index (κ1) is 19.0. The summed E-state index contributed by atoms with van der Waals surface area (Å²) < 4.78 is 7.59. The summed E-state index contributed by atoms with van der Waals surface area (Å²) in [6.07, 6.45) is 0. The zero-order chi connectivity index (χ0) is 21.7. The van der Waals surface area contributed by atoms with Gasteiger partial charge in [-0.15, -0.1) is 5.10 Å². The summed E-state index contributed by atoms with van der Waals surface area (Å²) in [5, 5.41) is 7.93. The molecule has 1 aliphatic heterocycles. The van der Waals surface area contributed by atoms with Gasteiger partial charge in [-0.3, -0.25) is 4.79 Å². The summed E-state index contributed by atoms with van der Waals surface area (Å²) in [6, 6.07) is 12.4. The fourth-order valence-electron chi connectivity index (χ4n) is 3.76. The quantitative estimate of drug-likeness (QED) is 0.511. The molecule has 9 nitrogen and oxygen atoms in total. The number of ether oxygens (including phenoxy) is 1. The van der Waals surface area contributed by atoms with Crippen LogP contribution in [0.15, 0.2) is 47.3 Å². The summed E-state index contributed by atoms with van der Waals surface area (Å²) in [5.74, 6) is -0.189. The minimum Gasteiger partial charge on any atom is -0.457 e. The number of hydrogen-bond donors (Lipinski definition) is 1. The number of aromatic nitrogens is 4. The summed E-state index contributed by atoms with van der Waals surface area (Å²) in [7, 11) is 0. The van der Waals surface area contributed by atoms with Crippen LogP contribution in [0.2, 0.25) is 0 Å². The molecular formula is C22H19N5O4. The Kier molecular flexibility index (Phi) is 4.32. The van der Waals surface area contributed by atoms with Crippen molar-refractivity contribution in [2.45, 2.75) is 32.9 Å². The van der Waals surface area contributed by atoms with Gasteiger partial charge in [-0.05, 0) is 30.3 Å². The van der Waals surface area contributed by atoms with Crippen LogP contribution >= 0.6 is 0 Å². The Hall–Kier alpha value is -4.01. The van der Waals surface area contributed by atoms with Crippen LogP contribution in [0.1, 0.15) is 41.5 Å². The first-order valence-corrected chi connectivity index (χ1v) is 9.90. The molecule has 0 saturated carbocycles. The number of anilines is 1. The fourth-order valence-corrected chi connectivity index (χ4v) is 3.76. The van der Waals surface area contributed by atoms with Crippen molar-refractivity contribution >= 4 is 34.1 Å². The largest absolute Gasteiger partial charge is 0.457 e. The molecule has 0 radical (unpaired) electrons. The van der Waals surface area contributed by atoms with Crippen molar-refractivity contribution in [1.82, 2.24) is 19.2 Å². The van der Waals surface area contributed by atoms with E-state index in [-0.39, 0.29) is 25.0 Å². The van der Waals surface area contributed by atoms with Gasteiger partial charge < -0.3 is 10.1 Å². The van der Waals surface area contributed by atoms with Gasteiger partial charge in [0.2, 0.25) is 5.91 Å². The number of para-hydroxylation sites is 1. The number of rotatable bonds is 4. The zero-order valence-corrected chi connectivity index (χ0v) is 17.0. The Bertz CT molecular complexity index is 1430. The van der Waals surface area contributed by atoms with Gasteiger partial charge in [-0.25, -0.2) is 23.7 Å². The van der Waals surface area contributed by atoms with E-state index in [2.05, 4.69) is 15.4 Å². The van der Waals surface area contributed by atoms with Gasteiger partial charge in [0.25, 0.3) is 0 Å². The number of nitrogens with one attached hydrogen (secondary N) is 1. The van der Waals surface area contributed by atoms with Crippen molar-refractivity contribution in [3.05, 3.63) is 69.9 Å². The summed E-state index contributed by atoms with van der Waals surface area (Å²) in [6.45, 7) is 3.84. The van der Waals surface area contributed by atoms with Crippen LogP contribution in [0.25, 0.3) is 16.6 Å². The number of cyclic esters (lactones) is 1. The van der Waals surface area contributed by atoms with Crippen molar-refractivity contribution in [1.29, 1.82) is 0 Å². The highest BCUT2D eigenvalue weighted by atomic mass is 16.5. The smallest absolute Gasteiger partial charge is 0.352 e. The average Bonchev–Trinajstić information content (AvgIpc) is 3.27. The zero-order valence-electron chi connectivity index (χ0n) is 17.0. The van der Waals surface area contributed by atoms with Gasteiger partial charge in [0.15, 0.2) is 5.65 Å². The van der Waals surface area contributed by atoms with Crippen molar-refractivity contribution in [2.24, 2.45) is 0 Å². The highest BCUT2D eigenvalue weighted by Crippen LogP contribution is 2.24. The lowest BCUT2D eigenvalue weighted by atomic mass is 10.1. The molecule has 4 aromatic rings. The van der Waals surface area contributed by atoms with Crippen molar-refractivity contribution < 1.29 is 14.3 Å². The Morgan fingerprint density at radius 2 is 2.00 bits per heavy atom. The van der Waals surface area contributed by atoms with Gasteiger partial charge in [0.1, 0.15) is 19.0 Å². The second kappa shape index (κ2) is 7.05. The number of carbonyl (C=O) groups excluding carboxylic acids is 2. The Morgan fingerprint density at radius 1 is 1.19 bits per heavy atom. The number of fused-ring (bicyclic) bond motifs is 4. The lowest BCUT2D eigenvalue weighted by molar-refractivity contribution is -0.117. The fraction of sp³-hybridized carbons (Fsp3) is 0.227. The van der Waals surface area contributed by atoms with E-state index >= 15 is 0 Å². The molecule has 156 valence electrons. The van der Waals surface area contributed by atoms with E-state index in [1.54, 1.807) is 18.2 Å². The molecule has 2 aromatic heterocycles. The molecule has 5 rings (SSSR count). The van der Waals surface area contributed by atoms with Crippen molar-refractivity contribution in [3.63, 3.8) is 0 Å². The molecule has 1 aliphatic rings. The SMILES string of the molecule is CC(C)c1nc2ccccc2c2nn(CC(=O)Nc3ccc4c(c3)COC4=O)c(=O)n12. The van der Waals surface area contributed by atoms with Gasteiger partial charge in [-0.1, -0.05) is 26.0 Å². The van der Waals surface area contributed by atoms with Crippen molar-refractivity contribution in [3.8, 4) is 0 Å². The third kappa shape index (κ3) is 3.14. The van der Waals surface area contributed by atoms with Crippen LogP contribution in [0.3, 0.4) is 0 Å². The molecular weight excluding hydrogens is 398 g/mol. The van der Waals surface area contributed by atoms with Crippen LogP contribution < -0.4 is 11.0 Å². The molecule has 0 unspecified atom stereocenters. The van der Waals surface area contributed by atoms with E-state index in [1.807, 2.05) is 38.1 Å². The van der Waals surface area contributed by atoms with Crippen LogP contribution in [0, 0.1) is 0 Å². The second-order valence-corrected chi connectivity index (χ2v) is 7.74. The molecule has 0 fully saturated rings. The van der Waals surface area contributed by atoms with E-state index in [0.29, 0.717) is 28.3 Å². The molecule has 0 saturated heterocycles. The van der Waals surface area contributed by atoms with E-state index in [9.17, 15) is 14.4 Å². The maximum atomic E-state index is 13.1. The first-order valence-electron chi connectivity index (χ1n) is 9.90. The predicted octanol–water partition coefficient (Wildman–Crippen LogP) is 2.48. The minimum absolute atomic E-state index is 0.00683. The van der Waals surface area contributed by atoms with Crippen molar-refractivity contribution in [2.75, 3.05) is 5.32 Å². The van der Waals surface area contributed by atoms with E-state index in [1.165, 1.54) is 4.40 Å². The number of carbonyl (C=O) groups is 2. The Morgan fingerprint density at radius 3 is 2.81 bits per heavy atom. The maximum Gasteiger partial charge on any atom is 0.352 e. The van der Waals surface area contributed by atoms with E-state index in [0.717, 1.165) is 15.6 Å². The summed E-state index contributed by atoms with van der Waals surface area (Å²) in [4.78, 5) is 41.9. The molecule has 1 amide bonds. The molecule has 31 heavy (non-hydrogen) atoms. The Balaban J connectivity index is 1.49. The summed E-state index contributed by atoms with van der Waals surface area (Å²) >= 11 is 0. The van der Waals surface area contributed by atoms with Gasteiger partial charge >= 0.3 is 11.7 Å². The third-order valence-corrected chi connectivity index (χ3v) is 5.23. The maximum absolute atomic E-state index is 13.1.